The fourth-order valence-corrected chi connectivity index (χ4v) is 3.28. The van der Waals surface area contributed by atoms with Crippen LogP contribution in [0.4, 0.5) is 0 Å². The van der Waals surface area contributed by atoms with Gasteiger partial charge in [0.1, 0.15) is 5.75 Å². The minimum atomic E-state index is 0.369. The van der Waals surface area contributed by atoms with Gasteiger partial charge in [-0.05, 0) is 23.9 Å². The monoisotopic (exact) mass is 246 g/mol. The van der Waals surface area contributed by atoms with E-state index in [1.807, 2.05) is 36.0 Å². The van der Waals surface area contributed by atoms with Crippen molar-refractivity contribution in [2.45, 2.75) is 36.8 Å². The van der Waals surface area contributed by atoms with E-state index >= 15 is 0 Å². The molecular weight excluding hydrogens is 228 g/mol. The van der Waals surface area contributed by atoms with Crippen LogP contribution in [0.25, 0.3) is 10.8 Å². The number of hydrogen-bond donors (Lipinski definition) is 1. The van der Waals surface area contributed by atoms with Crippen LogP contribution in [0.15, 0.2) is 41.3 Å². The van der Waals surface area contributed by atoms with E-state index in [4.69, 9.17) is 0 Å². The van der Waals surface area contributed by atoms with E-state index < -0.39 is 0 Å². The van der Waals surface area contributed by atoms with E-state index in [9.17, 15) is 5.11 Å². The first-order chi connectivity index (χ1) is 8.22. The summed E-state index contributed by atoms with van der Waals surface area (Å²) in [7, 11) is 0. The Balaban J connectivity index is 2.38. The number of hydrogen-bond acceptors (Lipinski definition) is 2. The van der Waals surface area contributed by atoms with Crippen LogP contribution in [-0.4, -0.2) is 10.4 Å². The van der Waals surface area contributed by atoms with Crippen molar-refractivity contribution < 1.29 is 5.11 Å². The van der Waals surface area contributed by atoms with Crippen molar-refractivity contribution in [1.82, 2.24) is 0 Å². The van der Waals surface area contributed by atoms with E-state index in [0.29, 0.717) is 11.0 Å². The standard InChI is InChI=1S/C15H18OS/c1-3-6-11(2)17-15-10-9-14(16)12-7-4-5-8-13(12)15/h4-5,7-11,16H,3,6H2,1-2H3. The summed E-state index contributed by atoms with van der Waals surface area (Å²) < 4.78 is 0. The summed E-state index contributed by atoms with van der Waals surface area (Å²) in [5.74, 6) is 0.369. The summed E-state index contributed by atoms with van der Waals surface area (Å²) in [4.78, 5) is 1.26. The Morgan fingerprint density at radius 1 is 1.12 bits per heavy atom. The number of phenolic OH excluding ortho intramolecular Hbond substituents is 1. The Hall–Kier alpha value is -1.15. The summed E-state index contributed by atoms with van der Waals surface area (Å²) in [5, 5.41) is 12.5. The zero-order valence-corrected chi connectivity index (χ0v) is 11.1. The summed E-state index contributed by atoms with van der Waals surface area (Å²) in [6, 6.07) is 11.9. The second kappa shape index (κ2) is 5.46. The van der Waals surface area contributed by atoms with Crippen molar-refractivity contribution in [3.05, 3.63) is 36.4 Å². The quantitative estimate of drug-likeness (QED) is 0.780. The third-order valence-corrected chi connectivity index (χ3v) is 4.13. The molecule has 0 fully saturated rings. The van der Waals surface area contributed by atoms with Gasteiger partial charge in [-0.1, -0.05) is 44.5 Å². The zero-order valence-electron chi connectivity index (χ0n) is 10.3. The van der Waals surface area contributed by atoms with E-state index in [2.05, 4.69) is 19.9 Å². The largest absolute Gasteiger partial charge is 0.507 e. The summed E-state index contributed by atoms with van der Waals surface area (Å²) in [5.41, 5.74) is 0. The van der Waals surface area contributed by atoms with E-state index in [1.165, 1.54) is 17.7 Å². The number of benzene rings is 2. The van der Waals surface area contributed by atoms with E-state index in [1.54, 1.807) is 6.07 Å². The van der Waals surface area contributed by atoms with Crippen molar-refractivity contribution in [2.75, 3.05) is 0 Å². The van der Waals surface area contributed by atoms with Gasteiger partial charge in [0.15, 0.2) is 0 Å². The summed E-state index contributed by atoms with van der Waals surface area (Å²) in [6.45, 7) is 4.47. The second-order valence-electron chi connectivity index (χ2n) is 4.35. The number of aromatic hydroxyl groups is 1. The molecule has 0 radical (unpaired) electrons. The van der Waals surface area contributed by atoms with E-state index in [-0.39, 0.29) is 0 Å². The second-order valence-corrected chi connectivity index (χ2v) is 5.83. The predicted molar refractivity (Wildman–Crippen MR) is 75.8 cm³/mol. The van der Waals surface area contributed by atoms with Gasteiger partial charge in [0.05, 0.1) is 0 Å². The average molecular weight is 246 g/mol. The molecule has 0 saturated heterocycles. The molecule has 0 heterocycles. The lowest BCUT2D eigenvalue weighted by atomic mass is 10.1. The number of phenols is 1. The maximum absolute atomic E-state index is 9.82. The maximum Gasteiger partial charge on any atom is 0.123 e. The highest BCUT2D eigenvalue weighted by atomic mass is 32.2. The molecule has 0 aromatic heterocycles. The zero-order chi connectivity index (χ0) is 12.3. The predicted octanol–water partition coefficient (Wildman–Crippen LogP) is 4.83. The third kappa shape index (κ3) is 2.75. The minimum absolute atomic E-state index is 0.369. The van der Waals surface area contributed by atoms with Crippen molar-refractivity contribution >= 4 is 22.5 Å². The average Bonchev–Trinajstić information content (AvgIpc) is 2.34. The molecule has 0 aliphatic heterocycles. The Morgan fingerprint density at radius 2 is 1.82 bits per heavy atom. The van der Waals surface area contributed by atoms with Gasteiger partial charge in [0, 0.05) is 15.5 Å². The molecule has 0 aliphatic carbocycles. The highest BCUT2D eigenvalue weighted by Crippen LogP contribution is 2.35. The molecule has 2 rings (SSSR count). The van der Waals surface area contributed by atoms with Gasteiger partial charge in [0.25, 0.3) is 0 Å². The van der Waals surface area contributed by atoms with Crippen molar-refractivity contribution in [3.63, 3.8) is 0 Å². The van der Waals surface area contributed by atoms with Gasteiger partial charge in [-0.25, -0.2) is 0 Å². The highest BCUT2D eigenvalue weighted by molar-refractivity contribution is 8.00. The smallest absolute Gasteiger partial charge is 0.123 e. The molecule has 0 amide bonds. The first-order valence-corrected chi connectivity index (χ1v) is 6.97. The van der Waals surface area contributed by atoms with Gasteiger partial charge >= 0.3 is 0 Å². The highest BCUT2D eigenvalue weighted by Gasteiger charge is 2.08. The maximum atomic E-state index is 9.82. The molecule has 2 heteroatoms. The molecule has 0 bridgehead atoms. The molecule has 2 aromatic rings. The van der Waals surface area contributed by atoms with Gasteiger partial charge in [-0.2, -0.15) is 0 Å². The van der Waals surface area contributed by atoms with Crippen LogP contribution >= 0.6 is 11.8 Å². The molecule has 0 spiro atoms. The molecule has 1 N–H and O–H groups in total. The molecule has 0 saturated carbocycles. The molecule has 2 aromatic carbocycles. The Kier molecular flexibility index (Phi) is 3.95. The van der Waals surface area contributed by atoms with Crippen LogP contribution in [-0.2, 0) is 0 Å². The first-order valence-electron chi connectivity index (χ1n) is 6.09. The summed E-state index contributed by atoms with van der Waals surface area (Å²) >= 11 is 1.90. The summed E-state index contributed by atoms with van der Waals surface area (Å²) in [6.07, 6.45) is 2.43. The van der Waals surface area contributed by atoms with Crippen LogP contribution in [0, 0.1) is 0 Å². The van der Waals surface area contributed by atoms with Gasteiger partial charge in [-0.3, -0.25) is 0 Å². The van der Waals surface area contributed by atoms with Gasteiger partial charge in [-0.15, -0.1) is 11.8 Å². The molecule has 90 valence electrons. The Labute approximate surface area is 107 Å². The van der Waals surface area contributed by atoms with Crippen LogP contribution in [0.1, 0.15) is 26.7 Å². The lowest BCUT2D eigenvalue weighted by molar-refractivity contribution is 0.481. The van der Waals surface area contributed by atoms with E-state index in [0.717, 1.165) is 10.8 Å². The number of fused-ring (bicyclic) bond motifs is 1. The lowest BCUT2D eigenvalue weighted by Crippen LogP contribution is -1.94. The Bertz CT molecular complexity index is 507. The molecule has 17 heavy (non-hydrogen) atoms. The van der Waals surface area contributed by atoms with Crippen LogP contribution < -0.4 is 0 Å². The van der Waals surface area contributed by atoms with Crippen LogP contribution in [0.5, 0.6) is 5.75 Å². The van der Waals surface area contributed by atoms with Gasteiger partial charge in [0.2, 0.25) is 0 Å². The SMILES string of the molecule is CCCC(C)Sc1ccc(O)c2ccccc12. The first kappa shape index (κ1) is 12.3. The Morgan fingerprint density at radius 3 is 2.53 bits per heavy atom. The van der Waals surface area contributed by atoms with Crippen molar-refractivity contribution in [1.29, 1.82) is 0 Å². The number of thioether (sulfide) groups is 1. The molecule has 1 nitrogen and oxygen atoms in total. The fourth-order valence-electron chi connectivity index (χ4n) is 2.04. The van der Waals surface area contributed by atoms with Gasteiger partial charge < -0.3 is 5.11 Å². The lowest BCUT2D eigenvalue weighted by Gasteiger charge is -2.12. The third-order valence-electron chi connectivity index (χ3n) is 2.88. The van der Waals surface area contributed by atoms with Crippen LogP contribution in [0.2, 0.25) is 0 Å². The molecule has 0 aliphatic rings. The van der Waals surface area contributed by atoms with Crippen molar-refractivity contribution in [2.24, 2.45) is 0 Å². The minimum Gasteiger partial charge on any atom is -0.507 e. The molecule has 1 atom stereocenters. The normalized spacial score (nSPS) is 12.8. The molecule has 1 unspecified atom stereocenters. The topological polar surface area (TPSA) is 20.2 Å². The van der Waals surface area contributed by atoms with Crippen LogP contribution in [0.3, 0.4) is 0 Å². The van der Waals surface area contributed by atoms with Crippen molar-refractivity contribution in [3.8, 4) is 5.75 Å². The fraction of sp³-hybridized carbons (Fsp3) is 0.333. The molecular formula is C15H18OS. The number of rotatable bonds is 4.